The van der Waals surface area contributed by atoms with Gasteiger partial charge in [-0.2, -0.15) is 10.4 Å². The molecular formula is C15H11N5O2S2. The van der Waals surface area contributed by atoms with Gasteiger partial charge in [-0.05, 0) is 13.0 Å². The molecule has 3 aromatic rings. The highest BCUT2D eigenvalue weighted by molar-refractivity contribution is 8.01. The SMILES string of the molecule is Cc1nc(NC(=O)c2n[nH]c(=O)c3ccccc23)sc1SCC#N. The molecule has 9 heteroatoms. The van der Waals surface area contributed by atoms with Crippen molar-refractivity contribution in [2.45, 2.75) is 11.1 Å². The maximum Gasteiger partial charge on any atom is 0.278 e. The van der Waals surface area contributed by atoms with Crippen LogP contribution >= 0.6 is 23.1 Å². The van der Waals surface area contributed by atoms with Crippen LogP contribution in [0.5, 0.6) is 0 Å². The molecule has 2 heterocycles. The molecule has 0 saturated carbocycles. The van der Waals surface area contributed by atoms with Crippen molar-refractivity contribution in [3.63, 3.8) is 0 Å². The maximum absolute atomic E-state index is 12.5. The Morgan fingerprint density at radius 2 is 2.17 bits per heavy atom. The van der Waals surface area contributed by atoms with Crippen molar-refractivity contribution in [2.24, 2.45) is 0 Å². The summed E-state index contributed by atoms with van der Waals surface area (Å²) in [6, 6.07) is 8.83. The van der Waals surface area contributed by atoms with E-state index >= 15 is 0 Å². The number of fused-ring (bicyclic) bond motifs is 1. The van der Waals surface area contributed by atoms with E-state index in [0.29, 0.717) is 21.7 Å². The molecule has 2 N–H and O–H groups in total. The Balaban J connectivity index is 1.90. The number of H-pyrrole nitrogens is 1. The summed E-state index contributed by atoms with van der Waals surface area (Å²) in [6.07, 6.45) is 0. The molecule has 0 aliphatic carbocycles. The number of nitrogens with one attached hydrogen (secondary N) is 2. The first-order valence-corrected chi connectivity index (χ1v) is 8.66. The van der Waals surface area contributed by atoms with Crippen molar-refractivity contribution in [3.05, 3.63) is 46.0 Å². The number of hydrogen-bond donors (Lipinski definition) is 2. The van der Waals surface area contributed by atoms with E-state index in [2.05, 4.69) is 26.6 Å². The number of aromatic nitrogens is 3. The van der Waals surface area contributed by atoms with Crippen LogP contribution in [0.15, 0.2) is 33.3 Å². The number of carbonyl (C=O) groups is 1. The third-order valence-corrected chi connectivity index (χ3v) is 5.46. The second-order valence-electron chi connectivity index (χ2n) is 4.74. The summed E-state index contributed by atoms with van der Waals surface area (Å²) in [6.45, 7) is 1.82. The van der Waals surface area contributed by atoms with Gasteiger partial charge in [-0.3, -0.25) is 14.9 Å². The Bertz CT molecular complexity index is 1020. The minimum Gasteiger partial charge on any atom is -0.296 e. The molecule has 2 aromatic heterocycles. The zero-order valence-corrected chi connectivity index (χ0v) is 14.1. The Kier molecular flexibility index (Phi) is 4.59. The van der Waals surface area contributed by atoms with Gasteiger partial charge in [-0.1, -0.05) is 41.3 Å². The van der Waals surface area contributed by atoms with Gasteiger partial charge in [0.05, 0.1) is 27.1 Å². The van der Waals surface area contributed by atoms with Crippen molar-refractivity contribution in [1.29, 1.82) is 5.26 Å². The number of nitrogens with zero attached hydrogens (tertiary/aromatic N) is 3. The van der Waals surface area contributed by atoms with Gasteiger partial charge in [-0.25, -0.2) is 10.1 Å². The molecule has 1 amide bonds. The molecule has 0 aliphatic heterocycles. The number of nitriles is 1. The number of rotatable bonds is 4. The van der Waals surface area contributed by atoms with Crippen LogP contribution in [0.4, 0.5) is 5.13 Å². The van der Waals surface area contributed by atoms with Gasteiger partial charge in [0.25, 0.3) is 11.5 Å². The Labute approximate surface area is 144 Å². The number of benzene rings is 1. The van der Waals surface area contributed by atoms with Gasteiger partial charge in [0.15, 0.2) is 10.8 Å². The molecule has 0 saturated heterocycles. The van der Waals surface area contributed by atoms with E-state index in [1.165, 1.54) is 23.1 Å². The van der Waals surface area contributed by atoms with Crippen LogP contribution < -0.4 is 10.9 Å². The Morgan fingerprint density at radius 3 is 2.92 bits per heavy atom. The van der Waals surface area contributed by atoms with Crippen molar-refractivity contribution < 1.29 is 4.79 Å². The molecule has 0 radical (unpaired) electrons. The summed E-state index contributed by atoms with van der Waals surface area (Å²) in [5, 5.41) is 18.8. The number of aryl methyl sites for hydroxylation is 1. The lowest BCUT2D eigenvalue weighted by Crippen LogP contribution is -2.19. The third-order valence-electron chi connectivity index (χ3n) is 3.15. The van der Waals surface area contributed by atoms with Crippen LogP contribution in [-0.2, 0) is 0 Å². The minimum atomic E-state index is -0.451. The van der Waals surface area contributed by atoms with Crippen LogP contribution in [0.25, 0.3) is 10.8 Å². The molecule has 3 rings (SSSR count). The van der Waals surface area contributed by atoms with Crippen molar-refractivity contribution in [1.82, 2.24) is 15.2 Å². The highest BCUT2D eigenvalue weighted by Crippen LogP contribution is 2.32. The zero-order valence-electron chi connectivity index (χ0n) is 12.5. The van der Waals surface area contributed by atoms with Gasteiger partial charge >= 0.3 is 0 Å². The van der Waals surface area contributed by atoms with E-state index in [9.17, 15) is 9.59 Å². The Morgan fingerprint density at radius 1 is 1.42 bits per heavy atom. The van der Waals surface area contributed by atoms with Crippen LogP contribution in [0.3, 0.4) is 0 Å². The van der Waals surface area contributed by atoms with Crippen molar-refractivity contribution >= 4 is 44.9 Å². The summed E-state index contributed by atoms with van der Waals surface area (Å²) < 4.78 is 0.881. The van der Waals surface area contributed by atoms with Crippen LogP contribution in [-0.4, -0.2) is 26.8 Å². The number of amides is 1. The van der Waals surface area contributed by atoms with Crippen molar-refractivity contribution in [3.8, 4) is 6.07 Å². The predicted octanol–water partition coefficient (Wildman–Crippen LogP) is 2.56. The number of aromatic amines is 1. The first-order chi connectivity index (χ1) is 11.6. The minimum absolute atomic E-state index is 0.129. The molecule has 0 spiro atoms. The van der Waals surface area contributed by atoms with Crippen LogP contribution in [0.1, 0.15) is 16.2 Å². The lowest BCUT2D eigenvalue weighted by atomic mass is 10.1. The summed E-state index contributed by atoms with van der Waals surface area (Å²) in [4.78, 5) is 28.5. The number of thiazole rings is 1. The van der Waals surface area contributed by atoms with Gasteiger partial charge in [-0.15, -0.1) is 0 Å². The first-order valence-electron chi connectivity index (χ1n) is 6.86. The lowest BCUT2D eigenvalue weighted by molar-refractivity contribution is 0.102. The van der Waals surface area contributed by atoms with Gasteiger partial charge in [0.1, 0.15) is 0 Å². The highest BCUT2D eigenvalue weighted by atomic mass is 32.2. The number of hydrogen-bond acceptors (Lipinski definition) is 7. The van der Waals surface area contributed by atoms with E-state index < -0.39 is 5.91 Å². The van der Waals surface area contributed by atoms with Crippen LogP contribution in [0.2, 0.25) is 0 Å². The number of thioether (sulfide) groups is 1. The standard InChI is InChI=1S/C15H11N5O2S2/c1-8-14(23-7-6-16)24-15(17-8)18-13(22)11-9-4-2-3-5-10(9)12(21)20-19-11/h2-5H,7H2,1H3,(H,20,21)(H,17,18,22). The van der Waals surface area contributed by atoms with E-state index in [1.807, 2.05) is 6.92 Å². The largest absolute Gasteiger partial charge is 0.296 e. The fourth-order valence-electron chi connectivity index (χ4n) is 2.11. The zero-order chi connectivity index (χ0) is 17.1. The third kappa shape index (κ3) is 3.15. The van der Waals surface area contributed by atoms with Crippen molar-refractivity contribution in [2.75, 3.05) is 11.1 Å². The second kappa shape index (κ2) is 6.82. The number of anilines is 1. The van der Waals surface area contributed by atoms with E-state index in [4.69, 9.17) is 5.26 Å². The van der Waals surface area contributed by atoms with Crippen LogP contribution in [0, 0.1) is 18.3 Å². The van der Waals surface area contributed by atoms with E-state index in [1.54, 1.807) is 24.3 Å². The smallest absolute Gasteiger partial charge is 0.278 e. The molecule has 0 fully saturated rings. The molecule has 0 aliphatic rings. The normalized spacial score (nSPS) is 10.5. The molecule has 120 valence electrons. The van der Waals surface area contributed by atoms with E-state index in [0.717, 1.165) is 9.90 Å². The summed E-state index contributed by atoms with van der Waals surface area (Å²) in [5.41, 5.74) is 0.543. The molecule has 7 nitrogen and oxygen atoms in total. The Hall–Kier alpha value is -2.70. The molecule has 0 atom stereocenters. The molecule has 1 aromatic carbocycles. The number of carbonyl (C=O) groups excluding carboxylic acids is 1. The fourth-order valence-corrected chi connectivity index (χ4v) is 3.91. The quantitative estimate of drug-likeness (QED) is 0.694. The average Bonchev–Trinajstić information content (AvgIpc) is 2.92. The summed E-state index contributed by atoms with van der Waals surface area (Å²) >= 11 is 2.68. The fraction of sp³-hybridized carbons (Fsp3) is 0.133. The maximum atomic E-state index is 12.5. The lowest BCUT2D eigenvalue weighted by Gasteiger charge is -2.04. The first kappa shape index (κ1) is 16.2. The molecule has 0 unspecified atom stereocenters. The van der Waals surface area contributed by atoms with Gasteiger partial charge in [0, 0.05) is 5.39 Å². The summed E-state index contributed by atoms with van der Waals surface area (Å²) in [7, 11) is 0. The van der Waals surface area contributed by atoms with E-state index in [-0.39, 0.29) is 11.3 Å². The second-order valence-corrected chi connectivity index (χ2v) is 6.98. The average molecular weight is 357 g/mol. The molecular weight excluding hydrogens is 346 g/mol. The predicted molar refractivity (Wildman–Crippen MR) is 93.5 cm³/mol. The molecule has 0 bridgehead atoms. The topological polar surface area (TPSA) is 112 Å². The van der Waals surface area contributed by atoms with Gasteiger partial charge in [0.2, 0.25) is 0 Å². The summed E-state index contributed by atoms with van der Waals surface area (Å²) in [5.74, 6) is -0.129. The van der Waals surface area contributed by atoms with Gasteiger partial charge < -0.3 is 0 Å². The molecule has 24 heavy (non-hydrogen) atoms. The monoisotopic (exact) mass is 357 g/mol. The highest BCUT2D eigenvalue weighted by Gasteiger charge is 2.16.